The van der Waals surface area contributed by atoms with Crippen molar-refractivity contribution in [2.24, 2.45) is 0 Å². The molecule has 0 aliphatic carbocycles. The summed E-state index contributed by atoms with van der Waals surface area (Å²) in [7, 11) is 0. The van der Waals surface area contributed by atoms with Crippen molar-refractivity contribution in [1.82, 2.24) is 0 Å². The van der Waals surface area contributed by atoms with Crippen LogP contribution in [0.25, 0.3) is 5.57 Å². The van der Waals surface area contributed by atoms with E-state index in [0.29, 0.717) is 22.0 Å². The molecule has 2 aromatic rings. The van der Waals surface area contributed by atoms with Crippen LogP contribution in [0.1, 0.15) is 29.2 Å². The zero-order chi connectivity index (χ0) is 16.6. The smallest absolute Gasteiger partial charge is 0.162 e. The predicted molar refractivity (Wildman–Crippen MR) is 87.1 cm³/mol. The van der Waals surface area contributed by atoms with Crippen molar-refractivity contribution in [2.75, 3.05) is 0 Å². The highest BCUT2D eigenvalue weighted by molar-refractivity contribution is 9.08. The van der Waals surface area contributed by atoms with Crippen LogP contribution in [0.4, 0.5) is 8.78 Å². The van der Waals surface area contributed by atoms with E-state index < -0.39 is 11.6 Å². The Balaban J connectivity index is 2.33. The molecule has 1 aliphatic heterocycles. The topological polar surface area (TPSA) is 33.0 Å². The first kappa shape index (κ1) is 15.7. The maximum Gasteiger partial charge on any atom is 0.162 e. The third-order valence-electron chi connectivity index (χ3n) is 3.81. The van der Waals surface area contributed by atoms with Gasteiger partial charge in [0, 0.05) is 28.1 Å². The molecule has 0 radical (unpaired) electrons. The van der Waals surface area contributed by atoms with Crippen LogP contribution in [0.5, 0.6) is 5.75 Å². The highest BCUT2D eigenvalue weighted by Gasteiger charge is 2.23. The number of nitrogens with zero attached hydrogens (tertiary/aromatic N) is 1. The van der Waals surface area contributed by atoms with Gasteiger partial charge in [0.1, 0.15) is 12.4 Å². The van der Waals surface area contributed by atoms with E-state index in [1.807, 2.05) is 18.2 Å². The van der Waals surface area contributed by atoms with Crippen LogP contribution in [0.15, 0.2) is 35.9 Å². The number of benzene rings is 2. The van der Waals surface area contributed by atoms with E-state index in [0.717, 1.165) is 28.8 Å². The molecule has 1 aliphatic rings. The number of halogens is 3. The molecule has 0 unspecified atom stereocenters. The molecule has 0 aromatic heterocycles. The Hall–Kier alpha value is -2.19. The number of allylic oxidation sites excluding steroid dienone is 1. The molecule has 116 valence electrons. The lowest BCUT2D eigenvalue weighted by atomic mass is 9.90. The summed E-state index contributed by atoms with van der Waals surface area (Å²) in [6.07, 6.45) is 0. The Morgan fingerprint density at radius 3 is 2.65 bits per heavy atom. The summed E-state index contributed by atoms with van der Waals surface area (Å²) in [5, 5.41) is 10.0. The Labute approximate surface area is 141 Å². The van der Waals surface area contributed by atoms with Gasteiger partial charge in [-0.2, -0.15) is 5.26 Å². The number of hydrogen-bond donors (Lipinski definition) is 0. The monoisotopic (exact) mass is 375 g/mol. The molecule has 3 rings (SSSR count). The minimum absolute atomic E-state index is 0.233. The van der Waals surface area contributed by atoms with Crippen molar-refractivity contribution >= 4 is 21.5 Å². The fraction of sp³-hybridized carbons (Fsp3) is 0.167. The van der Waals surface area contributed by atoms with Crippen molar-refractivity contribution in [3.05, 3.63) is 69.8 Å². The molecule has 0 saturated heterocycles. The quantitative estimate of drug-likeness (QED) is 0.513. The Bertz CT molecular complexity index is 868. The van der Waals surface area contributed by atoms with Gasteiger partial charge in [-0.1, -0.05) is 34.1 Å². The van der Waals surface area contributed by atoms with Gasteiger partial charge in [-0.05, 0) is 29.7 Å². The standard InChI is InChI=1S/C18H12BrF2NO/c1-10(8-22)18-13-3-2-11(7-19)4-12(13)9-23-17-6-16(21)15(20)5-14(17)18/h2-6H,7,9H2,1H3/b18-10+. The molecule has 0 spiro atoms. The summed E-state index contributed by atoms with van der Waals surface area (Å²) >= 11 is 3.41. The molecule has 0 N–H and O–H groups in total. The van der Waals surface area contributed by atoms with Crippen molar-refractivity contribution in [3.8, 4) is 11.8 Å². The maximum absolute atomic E-state index is 13.7. The lowest BCUT2D eigenvalue weighted by Crippen LogP contribution is -1.97. The molecule has 0 saturated carbocycles. The molecule has 0 atom stereocenters. The normalized spacial score (nSPS) is 14.9. The van der Waals surface area contributed by atoms with E-state index >= 15 is 0 Å². The average Bonchev–Trinajstić information content (AvgIpc) is 2.71. The fourth-order valence-electron chi connectivity index (χ4n) is 2.70. The highest BCUT2D eigenvalue weighted by atomic mass is 79.9. The molecule has 1 heterocycles. The molecule has 5 heteroatoms. The van der Waals surface area contributed by atoms with Crippen molar-refractivity contribution in [1.29, 1.82) is 5.26 Å². The SMILES string of the molecule is C/C(C#N)=C1/c2ccc(CBr)cc2COc2cc(F)c(F)cc21. The molecule has 0 bridgehead atoms. The summed E-state index contributed by atoms with van der Waals surface area (Å²) in [6.45, 7) is 1.89. The summed E-state index contributed by atoms with van der Waals surface area (Å²) < 4.78 is 33.0. The van der Waals surface area contributed by atoms with Gasteiger partial charge in [0.15, 0.2) is 11.6 Å². The van der Waals surface area contributed by atoms with Crippen LogP contribution in [0.3, 0.4) is 0 Å². The van der Waals surface area contributed by atoms with Gasteiger partial charge < -0.3 is 4.74 Å². The minimum Gasteiger partial charge on any atom is -0.488 e. The lowest BCUT2D eigenvalue weighted by molar-refractivity contribution is 0.304. The van der Waals surface area contributed by atoms with Crippen LogP contribution >= 0.6 is 15.9 Å². The van der Waals surface area contributed by atoms with Crippen LogP contribution in [0, 0.1) is 23.0 Å². The molecule has 0 amide bonds. The van der Waals surface area contributed by atoms with Crippen molar-refractivity contribution in [3.63, 3.8) is 0 Å². The number of ether oxygens (including phenoxy) is 1. The van der Waals surface area contributed by atoms with Gasteiger partial charge in [-0.25, -0.2) is 8.78 Å². The first-order chi connectivity index (χ1) is 11.0. The van der Waals surface area contributed by atoms with E-state index in [1.54, 1.807) is 6.92 Å². The zero-order valence-electron chi connectivity index (χ0n) is 12.3. The van der Waals surface area contributed by atoms with Gasteiger partial charge in [-0.15, -0.1) is 0 Å². The van der Waals surface area contributed by atoms with E-state index in [9.17, 15) is 14.0 Å². The summed E-state index contributed by atoms with van der Waals surface area (Å²) in [5.41, 5.74) is 4.14. The van der Waals surface area contributed by atoms with Gasteiger partial charge in [0.25, 0.3) is 0 Å². The van der Waals surface area contributed by atoms with Crippen molar-refractivity contribution < 1.29 is 13.5 Å². The number of hydrogen-bond acceptors (Lipinski definition) is 2. The molecular formula is C18H12BrF2NO. The van der Waals surface area contributed by atoms with E-state index in [4.69, 9.17) is 4.74 Å². The average molecular weight is 376 g/mol. The number of fused-ring (bicyclic) bond motifs is 2. The van der Waals surface area contributed by atoms with E-state index in [2.05, 4.69) is 22.0 Å². The first-order valence-electron chi connectivity index (χ1n) is 6.96. The second-order valence-electron chi connectivity index (χ2n) is 5.29. The van der Waals surface area contributed by atoms with E-state index in [-0.39, 0.29) is 12.4 Å². The maximum atomic E-state index is 13.7. The van der Waals surface area contributed by atoms with Gasteiger partial charge >= 0.3 is 0 Å². The predicted octanol–water partition coefficient (Wildman–Crippen LogP) is 5.10. The largest absolute Gasteiger partial charge is 0.488 e. The van der Waals surface area contributed by atoms with Gasteiger partial charge in [0.05, 0.1) is 6.07 Å². The number of rotatable bonds is 1. The Kier molecular flexibility index (Phi) is 4.18. The molecule has 23 heavy (non-hydrogen) atoms. The van der Waals surface area contributed by atoms with Crippen LogP contribution in [0.2, 0.25) is 0 Å². The minimum atomic E-state index is -0.968. The summed E-state index contributed by atoms with van der Waals surface area (Å²) in [6, 6.07) is 10.0. The molecule has 2 nitrogen and oxygen atoms in total. The fourth-order valence-corrected chi connectivity index (χ4v) is 3.05. The lowest BCUT2D eigenvalue weighted by Gasteiger charge is -2.12. The van der Waals surface area contributed by atoms with Crippen LogP contribution in [-0.4, -0.2) is 0 Å². The van der Waals surface area contributed by atoms with Crippen LogP contribution in [-0.2, 0) is 11.9 Å². The highest BCUT2D eigenvalue weighted by Crippen LogP contribution is 2.39. The molecule has 0 fully saturated rings. The Morgan fingerprint density at radius 2 is 1.96 bits per heavy atom. The third kappa shape index (κ3) is 2.75. The van der Waals surface area contributed by atoms with Crippen molar-refractivity contribution in [2.45, 2.75) is 18.9 Å². The zero-order valence-corrected chi connectivity index (χ0v) is 13.9. The Morgan fingerprint density at radius 1 is 1.22 bits per heavy atom. The second kappa shape index (κ2) is 6.13. The van der Waals surface area contributed by atoms with E-state index in [1.165, 1.54) is 0 Å². The van der Waals surface area contributed by atoms with Gasteiger partial charge in [-0.3, -0.25) is 0 Å². The molecule has 2 aromatic carbocycles. The third-order valence-corrected chi connectivity index (χ3v) is 4.46. The molecular weight excluding hydrogens is 364 g/mol. The van der Waals surface area contributed by atoms with Gasteiger partial charge in [0.2, 0.25) is 0 Å². The first-order valence-corrected chi connectivity index (χ1v) is 8.08. The summed E-state index contributed by atoms with van der Waals surface area (Å²) in [4.78, 5) is 0. The number of alkyl halides is 1. The van der Waals surface area contributed by atoms with Crippen LogP contribution < -0.4 is 4.74 Å². The second-order valence-corrected chi connectivity index (χ2v) is 5.85. The summed E-state index contributed by atoms with van der Waals surface area (Å²) in [5.74, 6) is -1.69. The number of nitriles is 1.